The van der Waals surface area contributed by atoms with Crippen LogP contribution < -0.4 is 11.1 Å². The molecule has 0 bridgehead atoms. The Hall–Kier alpha value is -1.54. The Balaban J connectivity index is 1.91. The lowest BCUT2D eigenvalue weighted by Crippen LogP contribution is -2.27. The number of piperidine rings is 1. The molecule has 2 rings (SSSR count). The third-order valence-corrected chi connectivity index (χ3v) is 3.24. The number of anilines is 1. The summed E-state index contributed by atoms with van der Waals surface area (Å²) < 4.78 is 0. The Bertz CT molecular complexity index is 384. The summed E-state index contributed by atoms with van der Waals surface area (Å²) in [5.74, 6) is 1.08. The largest absolute Gasteiger partial charge is 0.381 e. The van der Waals surface area contributed by atoms with Gasteiger partial charge in [0, 0.05) is 0 Å². The molecule has 0 atom stereocenters. The van der Waals surface area contributed by atoms with Crippen molar-refractivity contribution in [2.24, 2.45) is 5.92 Å². The molecule has 0 amide bonds. The van der Waals surface area contributed by atoms with E-state index in [0.29, 0.717) is 11.4 Å². The summed E-state index contributed by atoms with van der Waals surface area (Å²) in [5, 5.41) is 19.0. The number of nitrogens with one attached hydrogen (secondary N) is 2. The van der Waals surface area contributed by atoms with E-state index in [1.54, 1.807) is 0 Å². The molecule has 0 aromatic carbocycles. The highest BCUT2D eigenvalue weighted by Gasteiger charge is 2.15. The second kappa shape index (κ2) is 4.99. The molecule has 0 spiro atoms. The minimum atomic E-state index is 0.322. The van der Waals surface area contributed by atoms with E-state index >= 15 is 0 Å². The SMILES string of the molecule is N#Cc1c(N)n[nH]c1CCC1CCNCC1. The number of nitrogens with two attached hydrogens (primary N) is 1. The maximum atomic E-state index is 8.93. The molecule has 0 aliphatic carbocycles. The fraction of sp³-hybridized carbons (Fsp3) is 0.636. The smallest absolute Gasteiger partial charge is 0.163 e. The van der Waals surface area contributed by atoms with Gasteiger partial charge in [0.15, 0.2) is 5.82 Å². The number of aryl methyl sites for hydroxylation is 1. The third kappa shape index (κ3) is 2.34. The predicted molar refractivity (Wildman–Crippen MR) is 61.6 cm³/mol. The van der Waals surface area contributed by atoms with E-state index in [0.717, 1.165) is 37.5 Å². The Labute approximate surface area is 95.0 Å². The lowest BCUT2D eigenvalue weighted by molar-refractivity contribution is 0.353. The summed E-state index contributed by atoms with van der Waals surface area (Å²) in [5.41, 5.74) is 7.00. The van der Waals surface area contributed by atoms with Crippen LogP contribution in [0.5, 0.6) is 0 Å². The van der Waals surface area contributed by atoms with Crippen LogP contribution in [-0.2, 0) is 6.42 Å². The normalized spacial score (nSPS) is 17.2. The summed E-state index contributed by atoms with van der Waals surface area (Å²) in [6.45, 7) is 2.22. The second-order valence-corrected chi connectivity index (χ2v) is 4.31. The van der Waals surface area contributed by atoms with Gasteiger partial charge in [-0.15, -0.1) is 0 Å². The van der Waals surface area contributed by atoms with Crippen LogP contribution in [0.4, 0.5) is 5.82 Å². The molecule has 1 aromatic heterocycles. The number of rotatable bonds is 3. The number of nitriles is 1. The molecule has 0 radical (unpaired) electrons. The average Bonchev–Trinajstić information content (AvgIpc) is 2.68. The molecule has 5 nitrogen and oxygen atoms in total. The van der Waals surface area contributed by atoms with Crippen molar-refractivity contribution in [3.63, 3.8) is 0 Å². The minimum absolute atomic E-state index is 0.322. The first-order chi connectivity index (χ1) is 7.81. The lowest BCUT2D eigenvalue weighted by Gasteiger charge is -2.22. The average molecular weight is 219 g/mol. The highest BCUT2D eigenvalue weighted by atomic mass is 15.2. The second-order valence-electron chi connectivity index (χ2n) is 4.31. The summed E-state index contributed by atoms with van der Waals surface area (Å²) in [6, 6.07) is 2.10. The number of aromatic nitrogens is 2. The van der Waals surface area contributed by atoms with Gasteiger partial charge in [-0.05, 0) is 44.7 Å². The van der Waals surface area contributed by atoms with Gasteiger partial charge in [0.05, 0.1) is 5.69 Å². The molecule has 1 aliphatic rings. The zero-order chi connectivity index (χ0) is 11.4. The van der Waals surface area contributed by atoms with Crippen LogP contribution in [0.3, 0.4) is 0 Å². The summed E-state index contributed by atoms with van der Waals surface area (Å²) >= 11 is 0. The highest BCUT2D eigenvalue weighted by Crippen LogP contribution is 2.20. The van der Waals surface area contributed by atoms with Crippen molar-refractivity contribution in [1.29, 1.82) is 5.26 Å². The maximum Gasteiger partial charge on any atom is 0.163 e. The number of hydrogen-bond donors (Lipinski definition) is 3. The van der Waals surface area contributed by atoms with E-state index in [4.69, 9.17) is 11.0 Å². The van der Waals surface area contributed by atoms with Crippen molar-refractivity contribution in [1.82, 2.24) is 15.5 Å². The minimum Gasteiger partial charge on any atom is -0.381 e. The third-order valence-electron chi connectivity index (χ3n) is 3.24. The van der Waals surface area contributed by atoms with E-state index in [2.05, 4.69) is 21.6 Å². The van der Waals surface area contributed by atoms with Gasteiger partial charge < -0.3 is 11.1 Å². The Morgan fingerprint density at radius 1 is 1.44 bits per heavy atom. The van der Waals surface area contributed by atoms with Gasteiger partial charge in [-0.3, -0.25) is 5.10 Å². The fourth-order valence-electron chi connectivity index (χ4n) is 2.22. The quantitative estimate of drug-likeness (QED) is 0.701. The molecule has 1 aliphatic heterocycles. The molecular formula is C11H17N5. The van der Waals surface area contributed by atoms with Crippen LogP contribution in [0.25, 0.3) is 0 Å². The van der Waals surface area contributed by atoms with Crippen molar-refractivity contribution in [3.05, 3.63) is 11.3 Å². The highest BCUT2D eigenvalue weighted by molar-refractivity contribution is 5.50. The number of hydrogen-bond acceptors (Lipinski definition) is 4. The molecule has 0 unspecified atom stereocenters. The van der Waals surface area contributed by atoms with Crippen LogP contribution >= 0.6 is 0 Å². The van der Waals surface area contributed by atoms with E-state index in [1.165, 1.54) is 12.8 Å². The summed E-state index contributed by atoms with van der Waals surface area (Å²) in [7, 11) is 0. The van der Waals surface area contributed by atoms with Crippen LogP contribution in [-0.4, -0.2) is 23.3 Å². The lowest BCUT2D eigenvalue weighted by atomic mass is 9.92. The van der Waals surface area contributed by atoms with Crippen molar-refractivity contribution >= 4 is 5.82 Å². The maximum absolute atomic E-state index is 8.93. The standard InChI is InChI=1S/C11H17N5/c12-7-9-10(15-16-11(9)13)2-1-8-3-5-14-6-4-8/h8,14H,1-6H2,(H3,13,15,16). The zero-order valence-electron chi connectivity index (χ0n) is 9.29. The van der Waals surface area contributed by atoms with Gasteiger partial charge in [-0.25, -0.2) is 0 Å². The summed E-state index contributed by atoms with van der Waals surface area (Å²) in [4.78, 5) is 0. The summed E-state index contributed by atoms with van der Waals surface area (Å²) in [6.07, 6.45) is 4.44. The number of aromatic amines is 1. The van der Waals surface area contributed by atoms with Gasteiger partial charge in [0.25, 0.3) is 0 Å². The van der Waals surface area contributed by atoms with Crippen molar-refractivity contribution in [2.75, 3.05) is 18.8 Å². The molecule has 5 heteroatoms. The van der Waals surface area contributed by atoms with Crippen molar-refractivity contribution < 1.29 is 0 Å². The van der Waals surface area contributed by atoms with E-state index in [1.807, 2.05) is 0 Å². The first kappa shape index (κ1) is 11.0. The fourth-order valence-corrected chi connectivity index (χ4v) is 2.22. The molecule has 1 aromatic rings. The molecule has 2 heterocycles. The van der Waals surface area contributed by atoms with E-state index in [9.17, 15) is 0 Å². The Morgan fingerprint density at radius 3 is 2.88 bits per heavy atom. The van der Waals surface area contributed by atoms with Gasteiger partial charge in [0.1, 0.15) is 11.6 Å². The molecule has 0 saturated carbocycles. The number of H-pyrrole nitrogens is 1. The number of nitrogen functional groups attached to an aromatic ring is 1. The van der Waals surface area contributed by atoms with Gasteiger partial charge in [-0.2, -0.15) is 10.4 Å². The first-order valence-electron chi connectivity index (χ1n) is 5.74. The number of nitrogens with zero attached hydrogens (tertiary/aromatic N) is 2. The molecule has 86 valence electrons. The van der Waals surface area contributed by atoms with Crippen molar-refractivity contribution in [3.8, 4) is 6.07 Å². The van der Waals surface area contributed by atoms with Gasteiger partial charge in [-0.1, -0.05) is 0 Å². The monoisotopic (exact) mass is 219 g/mol. The molecular weight excluding hydrogens is 202 g/mol. The van der Waals surface area contributed by atoms with Crippen LogP contribution in [0.1, 0.15) is 30.5 Å². The van der Waals surface area contributed by atoms with E-state index < -0.39 is 0 Å². The van der Waals surface area contributed by atoms with E-state index in [-0.39, 0.29) is 0 Å². The Kier molecular flexibility index (Phi) is 3.42. The molecule has 16 heavy (non-hydrogen) atoms. The van der Waals surface area contributed by atoms with Gasteiger partial charge in [0.2, 0.25) is 0 Å². The van der Waals surface area contributed by atoms with Crippen LogP contribution in [0.15, 0.2) is 0 Å². The zero-order valence-corrected chi connectivity index (χ0v) is 9.29. The van der Waals surface area contributed by atoms with Crippen LogP contribution in [0, 0.1) is 17.2 Å². The van der Waals surface area contributed by atoms with Crippen molar-refractivity contribution in [2.45, 2.75) is 25.7 Å². The first-order valence-corrected chi connectivity index (χ1v) is 5.74. The predicted octanol–water partition coefficient (Wildman–Crippen LogP) is 0.796. The Morgan fingerprint density at radius 2 is 2.19 bits per heavy atom. The molecule has 4 N–H and O–H groups in total. The van der Waals surface area contributed by atoms with Gasteiger partial charge >= 0.3 is 0 Å². The van der Waals surface area contributed by atoms with Crippen LogP contribution in [0.2, 0.25) is 0 Å². The molecule has 1 saturated heterocycles. The molecule has 1 fully saturated rings. The topological polar surface area (TPSA) is 90.5 Å².